The zero-order valence-corrected chi connectivity index (χ0v) is 5.81. The van der Waals surface area contributed by atoms with Crippen molar-refractivity contribution in [3.63, 3.8) is 0 Å². The van der Waals surface area contributed by atoms with Crippen LogP contribution in [0.5, 0.6) is 0 Å². The Bertz CT molecular complexity index is 82.4. The van der Waals surface area contributed by atoms with E-state index in [-0.39, 0.29) is 11.5 Å². The van der Waals surface area contributed by atoms with Crippen molar-refractivity contribution < 1.29 is 5.11 Å². The van der Waals surface area contributed by atoms with Crippen molar-refractivity contribution in [2.24, 2.45) is 5.41 Å². The standard InChI is InChI=1S/C7H14O/c1-5-7(3,4)6(2)8/h5-6,8H,1H2,2-4H3. The van der Waals surface area contributed by atoms with E-state index in [0.717, 1.165) is 0 Å². The molecular formula is C7H14O. The molecular weight excluding hydrogens is 100 g/mol. The topological polar surface area (TPSA) is 20.2 Å². The zero-order chi connectivity index (χ0) is 6.78. The molecule has 1 N–H and O–H groups in total. The molecule has 0 aromatic carbocycles. The minimum Gasteiger partial charge on any atom is -0.393 e. The maximum atomic E-state index is 9.01. The van der Waals surface area contributed by atoms with E-state index in [1.54, 1.807) is 13.0 Å². The van der Waals surface area contributed by atoms with Gasteiger partial charge in [-0.3, -0.25) is 0 Å². The highest BCUT2D eigenvalue weighted by molar-refractivity contribution is 4.90. The third-order valence-corrected chi connectivity index (χ3v) is 1.60. The Hall–Kier alpha value is -0.300. The Morgan fingerprint density at radius 2 is 2.00 bits per heavy atom. The van der Waals surface area contributed by atoms with E-state index >= 15 is 0 Å². The average Bonchev–Trinajstić information content (AvgIpc) is 1.67. The first kappa shape index (κ1) is 7.70. The molecule has 0 spiro atoms. The summed E-state index contributed by atoms with van der Waals surface area (Å²) in [5.41, 5.74) is -0.139. The number of hydrogen-bond acceptors (Lipinski definition) is 1. The van der Waals surface area contributed by atoms with Crippen molar-refractivity contribution in [2.75, 3.05) is 0 Å². The fourth-order valence-electron chi connectivity index (χ4n) is 0.171. The highest BCUT2D eigenvalue weighted by Crippen LogP contribution is 2.20. The number of aliphatic hydroxyl groups excluding tert-OH is 1. The molecule has 1 atom stereocenters. The van der Waals surface area contributed by atoms with E-state index in [0.29, 0.717) is 0 Å². The third kappa shape index (κ3) is 1.66. The fourth-order valence-corrected chi connectivity index (χ4v) is 0.171. The molecule has 1 unspecified atom stereocenters. The van der Waals surface area contributed by atoms with Gasteiger partial charge in [-0.05, 0) is 6.92 Å². The molecule has 0 heterocycles. The average molecular weight is 114 g/mol. The van der Waals surface area contributed by atoms with E-state index in [1.807, 2.05) is 13.8 Å². The summed E-state index contributed by atoms with van der Waals surface area (Å²) >= 11 is 0. The van der Waals surface area contributed by atoms with Crippen LogP contribution >= 0.6 is 0 Å². The summed E-state index contributed by atoms with van der Waals surface area (Å²) in [6.45, 7) is 9.26. The van der Waals surface area contributed by atoms with Crippen molar-refractivity contribution >= 4 is 0 Å². The van der Waals surface area contributed by atoms with Crippen molar-refractivity contribution in [1.29, 1.82) is 0 Å². The second kappa shape index (κ2) is 2.31. The van der Waals surface area contributed by atoms with E-state index < -0.39 is 0 Å². The minimum absolute atomic E-state index is 0.139. The molecule has 8 heavy (non-hydrogen) atoms. The lowest BCUT2D eigenvalue weighted by Gasteiger charge is -2.22. The molecule has 1 heteroatoms. The molecule has 0 radical (unpaired) electrons. The Balaban J connectivity index is 3.90. The summed E-state index contributed by atoms with van der Waals surface area (Å²) in [7, 11) is 0. The van der Waals surface area contributed by atoms with Crippen LogP contribution in [-0.4, -0.2) is 11.2 Å². The van der Waals surface area contributed by atoms with Gasteiger partial charge in [0, 0.05) is 5.41 Å². The van der Waals surface area contributed by atoms with Crippen LogP contribution in [0.15, 0.2) is 12.7 Å². The second-order valence-corrected chi connectivity index (χ2v) is 2.70. The lowest BCUT2D eigenvalue weighted by atomic mass is 9.88. The highest BCUT2D eigenvalue weighted by Gasteiger charge is 2.18. The van der Waals surface area contributed by atoms with E-state index in [2.05, 4.69) is 6.58 Å². The predicted molar refractivity (Wildman–Crippen MR) is 35.7 cm³/mol. The van der Waals surface area contributed by atoms with Crippen LogP contribution in [0, 0.1) is 5.41 Å². The normalized spacial score (nSPS) is 15.5. The summed E-state index contributed by atoms with van der Waals surface area (Å²) in [6.07, 6.45) is 1.46. The van der Waals surface area contributed by atoms with Gasteiger partial charge in [-0.25, -0.2) is 0 Å². The van der Waals surface area contributed by atoms with Crippen LogP contribution < -0.4 is 0 Å². The van der Waals surface area contributed by atoms with Crippen LogP contribution in [0.1, 0.15) is 20.8 Å². The Kier molecular flexibility index (Phi) is 2.23. The summed E-state index contributed by atoms with van der Waals surface area (Å²) in [6, 6.07) is 0. The van der Waals surface area contributed by atoms with Gasteiger partial charge < -0.3 is 5.11 Å². The van der Waals surface area contributed by atoms with Gasteiger partial charge in [-0.15, -0.1) is 6.58 Å². The predicted octanol–water partition coefficient (Wildman–Crippen LogP) is 1.58. The Morgan fingerprint density at radius 3 is 2.00 bits per heavy atom. The molecule has 0 saturated heterocycles. The van der Waals surface area contributed by atoms with Gasteiger partial charge in [-0.2, -0.15) is 0 Å². The smallest absolute Gasteiger partial charge is 0.0597 e. The zero-order valence-electron chi connectivity index (χ0n) is 5.81. The van der Waals surface area contributed by atoms with Crippen molar-refractivity contribution in [3.05, 3.63) is 12.7 Å². The van der Waals surface area contributed by atoms with Crippen molar-refractivity contribution in [1.82, 2.24) is 0 Å². The minimum atomic E-state index is -0.306. The molecule has 0 aliphatic carbocycles. The maximum absolute atomic E-state index is 9.01. The second-order valence-electron chi connectivity index (χ2n) is 2.70. The molecule has 0 aliphatic heterocycles. The van der Waals surface area contributed by atoms with E-state index in [4.69, 9.17) is 5.11 Å². The summed E-state index contributed by atoms with van der Waals surface area (Å²) in [4.78, 5) is 0. The molecule has 0 amide bonds. The van der Waals surface area contributed by atoms with Gasteiger partial charge in [0.2, 0.25) is 0 Å². The molecule has 0 bridgehead atoms. The van der Waals surface area contributed by atoms with Crippen LogP contribution in [-0.2, 0) is 0 Å². The van der Waals surface area contributed by atoms with Crippen LogP contribution in [0.25, 0.3) is 0 Å². The largest absolute Gasteiger partial charge is 0.393 e. The SMILES string of the molecule is C=CC(C)(C)C(C)O. The maximum Gasteiger partial charge on any atom is 0.0597 e. The van der Waals surface area contributed by atoms with Gasteiger partial charge in [0.25, 0.3) is 0 Å². The van der Waals surface area contributed by atoms with Gasteiger partial charge in [0.05, 0.1) is 6.10 Å². The fraction of sp³-hybridized carbons (Fsp3) is 0.714. The monoisotopic (exact) mass is 114 g/mol. The molecule has 1 nitrogen and oxygen atoms in total. The third-order valence-electron chi connectivity index (χ3n) is 1.60. The molecule has 0 aliphatic rings. The molecule has 48 valence electrons. The quantitative estimate of drug-likeness (QED) is 0.540. The first-order chi connectivity index (χ1) is 3.50. The van der Waals surface area contributed by atoms with Gasteiger partial charge >= 0.3 is 0 Å². The number of rotatable bonds is 2. The van der Waals surface area contributed by atoms with Crippen LogP contribution in [0.4, 0.5) is 0 Å². The lowest BCUT2D eigenvalue weighted by molar-refractivity contribution is 0.0999. The number of aliphatic hydroxyl groups is 1. The van der Waals surface area contributed by atoms with Gasteiger partial charge in [-0.1, -0.05) is 19.9 Å². The summed E-state index contributed by atoms with van der Waals surface area (Å²) in [5, 5.41) is 9.01. The summed E-state index contributed by atoms with van der Waals surface area (Å²) < 4.78 is 0. The first-order valence-corrected chi connectivity index (χ1v) is 2.82. The highest BCUT2D eigenvalue weighted by atomic mass is 16.3. The van der Waals surface area contributed by atoms with Crippen molar-refractivity contribution in [3.8, 4) is 0 Å². The summed E-state index contributed by atoms with van der Waals surface area (Å²) in [5.74, 6) is 0. The van der Waals surface area contributed by atoms with Gasteiger partial charge in [0.15, 0.2) is 0 Å². The Morgan fingerprint density at radius 1 is 1.62 bits per heavy atom. The number of hydrogen-bond donors (Lipinski definition) is 1. The molecule has 0 aromatic rings. The Labute approximate surface area is 51.0 Å². The van der Waals surface area contributed by atoms with E-state index in [1.165, 1.54) is 0 Å². The lowest BCUT2D eigenvalue weighted by Crippen LogP contribution is -2.23. The molecule has 0 aromatic heterocycles. The first-order valence-electron chi connectivity index (χ1n) is 2.82. The van der Waals surface area contributed by atoms with Crippen LogP contribution in [0.3, 0.4) is 0 Å². The van der Waals surface area contributed by atoms with Gasteiger partial charge in [0.1, 0.15) is 0 Å². The molecule has 0 fully saturated rings. The molecule has 0 saturated carbocycles. The van der Waals surface area contributed by atoms with Crippen LogP contribution in [0.2, 0.25) is 0 Å². The van der Waals surface area contributed by atoms with E-state index in [9.17, 15) is 0 Å². The van der Waals surface area contributed by atoms with Crippen molar-refractivity contribution in [2.45, 2.75) is 26.9 Å². The molecule has 0 rings (SSSR count).